The van der Waals surface area contributed by atoms with Crippen LogP contribution in [0.15, 0.2) is 47.4 Å². The molecule has 2 aliphatic rings. The average Bonchev–Trinajstić information content (AvgIpc) is 3.10. The quantitative estimate of drug-likeness (QED) is 0.581. The highest BCUT2D eigenvalue weighted by molar-refractivity contribution is 8.00. The van der Waals surface area contributed by atoms with Crippen molar-refractivity contribution in [2.75, 3.05) is 29.1 Å². The molecular weight excluding hydrogens is 392 g/mol. The van der Waals surface area contributed by atoms with Crippen molar-refractivity contribution in [3.8, 4) is 0 Å². The highest BCUT2D eigenvalue weighted by atomic mass is 32.2. The van der Waals surface area contributed by atoms with E-state index in [0.717, 1.165) is 16.1 Å². The van der Waals surface area contributed by atoms with Crippen molar-refractivity contribution in [2.45, 2.75) is 17.7 Å². The number of amides is 2. The number of rotatable bonds is 6. The van der Waals surface area contributed by atoms with Crippen molar-refractivity contribution in [3.05, 3.63) is 53.6 Å². The summed E-state index contributed by atoms with van der Waals surface area (Å²) in [6.45, 7) is -0.171. The minimum Gasteiger partial charge on any atom is -0.457 e. The molecule has 0 saturated heterocycles. The lowest BCUT2D eigenvalue weighted by Crippen LogP contribution is -2.37. The Hall–Kier alpha value is -3.13. The SMILES string of the molecule is O=C1Cc2cc(C(=O)COC(=O)CCN3C(=O)CSc4ccccc43)ccc2N1. The second-order valence-corrected chi connectivity index (χ2v) is 7.75. The fraction of sp³-hybridized carbons (Fsp3) is 0.238. The van der Waals surface area contributed by atoms with E-state index in [-0.39, 0.29) is 43.6 Å². The predicted molar refractivity (Wildman–Crippen MR) is 108 cm³/mol. The molecule has 0 aromatic heterocycles. The first-order valence-corrected chi connectivity index (χ1v) is 10.1. The lowest BCUT2D eigenvalue weighted by molar-refractivity contribution is -0.142. The van der Waals surface area contributed by atoms with Gasteiger partial charge in [-0.15, -0.1) is 11.8 Å². The number of hydrogen-bond acceptors (Lipinski definition) is 6. The van der Waals surface area contributed by atoms with Crippen LogP contribution in [-0.4, -0.2) is 42.5 Å². The Morgan fingerprint density at radius 2 is 1.97 bits per heavy atom. The second kappa shape index (κ2) is 8.08. The summed E-state index contributed by atoms with van der Waals surface area (Å²) in [5.41, 5.74) is 2.64. The minimum atomic E-state index is -0.542. The number of nitrogens with one attached hydrogen (secondary N) is 1. The van der Waals surface area contributed by atoms with Crippen molar-refractivity contribution in [2.24, 2.45) is 0 Å². The van der Waals surface area contributed by atoms with Crippen LogP contribution >= 0.6 is 11.8 Å². The highest BCUT2D eigenvalue weighted by Gasteiger charge is 2.25. The summed E-state index contributed by atoms with van der Waals surface area (Å²) in [7, 11) is 0. The van der Waals surface area contributed by atoms with Gasteiger partial charge in [-0.05, 0) is 35.9 Å². The third-order valence-electron chi connectivity index (χ3n) is 4.76. The Labute approximate surface area is 171 Å². The molecule has 0 bridgehead atoms. The number of benzene rings is 2. The first-order chi connectivity index (χ1) is 14.0. The normalized spacial score (nSPS) is 14.8. The number of para-hydroxylation sites is 1. The highest BCUT2D eigenvalue weighted by Crippen LogP contribution is 2.34. The number of anilines is 2. The maximum atomic E-state index is 12.3. The smallest absolute Gasteiger partial charge is 0.308 e. The molecule has 0 fully saturated rings. The number of ketones is 1. The Balaban J connectivity index is 1.31. The van der Waals surface area contributed by atoms with Crippen LogP contribution in [0, 0.1) is 0 Å². The van der Waals surface area contributed by atoms with Crippen LogP contribution in [0.25, 0.3) is 0 Å². The lowest BCUT2D eigenvalue weighted by atomic mass is 10.1. The fourth-order valence-corrected chi connectivity index (χ4v) is 4.24. The Morgan fingerprint density at radius 1 is 1.14 bits per heavy atom. The first kappa shape index (κ1) is 19.2. The molecule has 2 aliphatic heterocycles. The molecule has 0 atom stereocenters. The van der Waals surface area contributed by atoms with Crippen molar-refractivity contribution >= 4 is 46.7 Å². The first-order valence-electron chi connectivity index (χ1n) is 9.15. The molecular formula is C21H18N2O5S. The minimum absolute atomic E-state index is 0.000626. The monoisotopic (exact) mass is 410 g/mol. The number of ether oxygens (including phenoxy) is 1. The number of nitrogens with zero attached hydrogens (tertiary/aromatic N) is 1. The average molecular weight is 410 g/mol. The van der Waals surface area contributed by atoms with Crippen LogP contribution in [0.1, 0.15) is 22.3 Å². The molecule has 4 rings (SSSR count). The molecule has 0 radical (unpaired) electrons. The molecule has 0 spiro atoms. The van der Waals surface area contributed by atoms with E-state index in [1.165, 1.54) is 11.8 Å². The van der Waals surface area contributed by atoms with Gasteiger partial charge in [0.2, 0.25) is 11.8 Å². The molecule has 29 heavy (non-hydrogen) atoms. The number of hydrogen-bond donors (Lipinski definition) is 1. The van der Waals surface area contributed by atoms with E-state index < -0.39 is 5.97 Å². The molecule has 2 amide bonds. The zero-order valence-corrected chi connectivity index (χ0v) is 16.3. The van der Waals surface area contributed by atoms with E-state index in [0.29, 0.717) is 17.0 Å². The summed E-state index contributed by atoms with van der Waals surface area (Å²) >= 11 is 1.48. The number of fused-ring (bicyclic) bond motifs is 2. The summed E-state index contributed by atoms with van der Waals surface area (Å²) in [5.74, 6) is -0.710. The predicted octanol–water partition coefficient (Wildman–Crippen LogP) is 2.44. The van der Waals surface area contributed by atoms with Crippen LogP contribution in [0.4, 0.5) is 11.4 Å². The second-order valence-electron chi connectivity index (χ2n) is 6.73. The topological polar surface area (TPSA) is 92.8 Å². The molecule has 8 heteroatoms. The number of carbonyl (C=O) groups is 4. The largest absolute Gasteiger partial charge is 0.457 e. The standard InChI is InChI=1S/C21H18N2O5S/c24-17(13-5-6-15-14(9-13)10-19(25)22-15)11-28-21(27)7-8-23-16-3-1-2-4-18(16)29-12-20(23)26/h1-6,9H,7-8,10-12H2,(H,22,25). The van der Waals surface area contributed by atoms with Gasteiger partial charge in [0.05, 0.1) is 24.3 Å². The summed E-state index contributed by atoms with van der Waals surface area (Å²) in [6.07, 6.45) is 0.237. The van der Waals surface area contributed by atoms with Crippen molar-refractivity contribution in [3.63, 3.8) is 0 Å². The summed E-state index contributed by atoms with van der Waals surface area (Å²) in [6, 6.07) is 12.5. The van der Waals surface area contributed by atoms with Crippen LogP contribution in [0.5, 0.6) is 0 Å². The fourth-order valence-electron chi connectivity index (χ4n) is 3.31. The zero-order valence-electron chi connectivity index (χ0n) is 15.5. The number of thioether (sulfide) groups is 1. The van der Waals surface area contributed by atoms with Crippen LogP contribution in [0.3, 0.4) is 0 Å². The number of esters is 1. The maximum absolute atomic E-state index is 12.3. The number of Topliss-reactive ketones (excluding diaryl/α,β-unsaturated/α-hetero) is 1. The summed E-state index contributed by atoms with van der Waals surface area (Å²) in [4.78, 5) is 50.6. The van der Waals surface area contributed by atoms with E-state index in [9.17, 15) is 19.2 Å². The zero-order chi connectivity index (χ0) is 20.4. The molecule has 0 saturated carbocycles. The van der Waals surface area contributed by atoms with Crippen LogP contribution in [0.2, 0.25) is 0 Å². The Bertz CT molecular complexity index is 1020. The number of carbonyl (C=O) groups excluding carboxylic acids is 4. The van der Waals surface area contributed by atoms with E-state index in [4.69, 9.17) is 4.74 Å². The van der Waals surface area contributed by atoms with E-state index in [1.807, 2.05) is 24.3 Å². The van der Waals surface area contributed by atoms with Gasteiger partial charge >= 0.3 is 5.97 Å². The third-order valence-corrected chi connectivity index (χ3v) is 5.81. The summed E-state index contributed by atoms with van der Waals surface area (Å²) < 4.78 is 5.10. The van der Waals surface area contributed by atoms with Gasteiger partial charge in [0, 0.05) is 22.7 Å². The molecule has 2 heterocycles. The van der Waals surface area contributed by atoms with Gasteiger partial charge in [0.25, 0.3) is 0 Å². The van der Waals surface area contributed by atoms with Crippen molar-refractivity contribution in [1.29, 1.82) is 0 Å². The Kier molecular flexibility index (Phi) is 5.35. The van der Waals surface area contributed by atoms with Crippen molar-refractivity contribution < 1.29 is 23.9 Å². The van der Waals surface area contributed by atoms with Gasteiger partial charge in [0.15, 0.2) is 12.4 Å². The van der Waals surface area contributed by atoms with Crippen LogP contribution < -0.4 is 10.2 Å². The molecule has 148 valence electrons. The molecule has 7 nitrogen and oxygen atoms in total. The van der Waals surface area contributed by atoms with Crippen molar-refractivity contribution in [1.82, 2.24) is 0 Å². The van der Waals surface area contributed by atoms with Gasteiger partial charge in [-0.2, -0.15) is 0 Å². The molecule has 0 aliphatic carbocycles. The molecule has 0 unspecified atom stereocenters. The molecule has 2 aromatic carbocycles. The van der Waals surface area contributed by atoms with Gasteiger partial charge in [-0.3, -0.25) is 19.2 Å². The van der Waals surface area contributed by atoms with E-state index in [2.05, 4.69) is 5.32 Å². The molecule has 2 aromatic rings. The van der Waals surface area contributed by atoms with Gasteiger partial charge in [-0.1, -0.05) is 12.1 Å². The van der Waals surface area contributed by atoms with Gasteiger partial charge in [-0.25, -0.2) is 0 Å². The lowest BCUT2D eigenvalue weighted by Gasteiger charge is -2.28. The van der Waals surface area contributed by atoms with Gasteiger partial charge in [0.1, 0.15) is 0 Å². The van der Waals surface area contributed by atoms with Gasteiger partial charge < -0.3 is 15.0 Å². The third kappa shape index (κ3) is 4.17. The Morgan fingerprint density at radius 3 is 2.83 bits per heavy atom. The summed E-state index contributed by atoms with van der Waals surface area (Å²) in [5, 5.41) is 2.70. The van der Waals surface area contributed by atoms with Crippen LogP contribution in [-0.2, 0) is 25.5 Å². The van der Waals surface area contributed by atoms with E-state index >= 15 is 0 Å². The molecule has 1 N–H and O–H groups in total. The maximum Gasteiger partial charge on any atom is 0.308 e. The van der Waals surface area contributed by atoms with E-state index in [1.54, 1.807) is 23.1 Å².